The van der Waals surface area contributed by atoms with Crippen molar-refractivity contribution in [1.82, 2.24) is 0 Å². The van der Waals surface area contributed by atoms with Crippen LogP contribution in [0.2, 0.25) is 0 Å². The van der Waals surface area contributed by atoms with Crippen molar-refractivity contribution in [3.05, 3.63) is 0 Å². The summed E-state index contributed by atoms with van der Waals surface area (Å²) in [6.45, 7) is 7.32. The summed E-state index contributed by atoms with van der Waals surface area (Å²) in [6, 6.07) is 0. The topological polar surface area (TPSA) is 43.1 Å². The minimum absolute atomic E-state index is 0.287. The van der Waals surface area contributed by atoms with E-state index in [1.165, 1.54) is 6.42 Å². The Morgan fingerprint density at radius 3 is 2.13 bits per heavy atom. The zero-order chi connectivity index (χ0) is 11.7. The summed E-state index contributed by atoms with van der Waals surface area (Å²) in [5.74, 6) is 0.428. The van der Waals surface area contributed by atoms with Crippen molar-refractivity contribution in [3.8, 4) is 0 Å². The summed E-state index contributed by atoms with van der Waals surface area (Å²) in [5, 5.41) is 0. The summed E-state index contributed by atoms with van der Waals surface area (Å²) in [4.78, 5) is 11.5. The Labute approximate surface area is 94.6 Å². The summed E-state index contributed by atoms with van der Waals surface area (Å²) in [7, 11) is 0. The largest absolute Gasteiger partial charge is 0.330 e. The molecule has 0 radical (unpaired) electrons. The Balaban J connectivity index is 3.34. The molecule has 0 aromatic rings. The molecule has 0 unspecified atom stereocenters. The van der Waals surface area contributed by atoms with Crippen LogP contribution in [-0.2, 0) is 4.79 Å². The average Bonchev–Trinajstić information content (AvgIpc) is 2.13. The number of hydrogen-bond acceptors (Lipinski definition) is 2. The quantitative estimate of drug-likeness (QED) is 0.629. The molecule has 0 saturated carbocycles. The molecule has 0 bridgehead atoms. The first kappa shape index (κ1) is 14.6. The number of hydrogen-bond donors (Lipinski definition) is 1. The molecular formula is C13H27NO. The van der Waals surface area contributed by atoms with E-state index in [1.807, 2.05) is 0 Å². The molecular weight excluding hydrogens is 186 g/mol. The second-order valence-electron chi connectivity index (χ2n) is 5.55. The molecule has 0 atom stereocenters. The smallest absolute Gasteiger partial charge is 0.132 e. The predicted molar refractivity (Wildman–Crippen MR) is 65.8 cm³/mol. The first-order valence-corrected chi connectivity index (χ1v) is 6.17. The summed E-state index contributed by atoms with van der Waals surface area (Å²) in [6.07, 6.45) is 6.98. The Hall–Kier alpha value is -0.370. The zero-order valence-corrected chi connectivity index (χ0v) is 10.6. The highest BCUT2D eigenvalue weighted by molar-refractivity contribution is 5.78. The van der Waals surface area contributed by atoms with E-state index in [0.717, 1.165) is 45.1 Å². The summed E-state index contributed by atoms with van der Waals surface area (Å²) in [5.41, 5.74) is 5.69. The van der Waals surface area contributed by atoms with Crippen molar-refractivity contribution in [3.63, 3.8) is 0 Å². The first-order chi connectivity index (χ1) is 6.95. The van der Waals surface area contributed by atoms with Crippen LogP contribution in [-0.4, -0.2) is 12.3 Å². The first-order valence-electron chi connectivity index (χ1n) is 6.17. The number of nitrogens with two attached hydrogens (primary N) is 1. The fourth-order valence-electron chi connectivity index (χ4n) is 1.46. The van der Waals surface area contributed by atoms with Gasteiger partial charge in [-0.1, -0.05) is 33.6 Å². The van der Waals surface area contributed by atoms with Gasteiger partial charge in [0, 0.05) is 12.8 Å². The molecule has 0 aromatic heterocycles. The maximum Gasteiger partial charge on any atom is 0.132 e. The highest BCUT2D eigenvalue weighted by Gasteiger charge is 2.12. The Morgan fingerprint density at radius 1 is 1.00 bits per heavy atom. The van der Waals surface area contributed by atoms with Gasteiger partial charge in [0.15, 0.2) is 0 Å². The van der Waals surface area contributed by atoms with Gasteiger partial charge in [0.1, 0.15) is 5.78 Å². The standard InChI is InChI=1S/C13H27NO/c1-13(2,3)10-9-12(15)8-6-4-5-7-11-14/h4-11,14H2,1-3H3. The fraction of sp³-hybridized carbons (Fsp3) is 0.923. The molecule has 0 aliphatic carbocycles. The van der Waals surface area contributed by atoms with E-state index in [2.05, 4.69) is 20.8 Å². The van der Waals surface area contributed by atoms with Gasteiger partial charge in [-0.3, -0.25) is 4.79 Å². The summed E-state index contributed by atoms with van der Waals surface area (Å²) >= 11 is 0. The highest BCUT2D eigenvalue weighted by Crippen LogP contribution is 2.21. The van der Waals surface area contributed by atoms with E-state index in [1.54, 1.807) is 0 Å². The third-order valence-corrected chi connectivity index (χ3v) is 2.56. The lowest BCUT2D eigenvalue weighted by Gasteiger charge is -2.16. The third-order valence-electron chi connectivity index (χ3n) is 2.56. The molecule has 0 amide bonds. The molecule has 0 rings (SSSR count). The lowest BCUT2D eigenvalue weighted by Crippen LogP contribution is -2.08. The SMILES string of the molecule is CC(C)(C)CCC(=O)CCCCCCN. The normalized spacial score (nSPS) is 11.7. The van der Waals surface area contributed by atoms with E-state index >= 15 is 0 Å². The molecule has 0 spiro atoms. The van der Waals surface area contributed by atoms with E-state index in [9.17, 15) is 4.79 Å². The molecule has 0 aromatic carbocycles. The van der Waals surface area contributed by atoms with Gasteiger partial charge in [-0.15, -0.1) is 0 Å². The molecule has 15 heavy (non-hydrogen) atoms. The van der Waals surface area contributed by atoms with Crippen LogP contribution in [0.25, 0.3) is 0 Å². The van der Waals surface area contributed by atoms with Crippen LogP contribution >= 0.6 is 0 Å². The van der Waals surface area contributed by atoms with Crippen molar-refractivity contribution >= 4 is 5.78 Å². The fourth-order valence-corrected chi connectivity index (χ4v) is 1.46. The van der Waals surface area contributed by atoms with Crippen molar-refractivity contribution in [2.24, 2.45) is 11.1 Å². The van der Waals surface area contributed by atoms with Crippen molar-refractivity contribution in [1.29, 1.82) is 0 Å². The maximum atomic E-state index is 11.5. The van der Waals surface area contributed by atoms with Crippen molar-refractivity contribution < 1.29 is 4.79 Å². The van der Waals surface area contributed by atoms with Crippen molar-refractivity contribution in [2.45, 2.75) is 65.7 Å². The third kappa shape index (κ3) is 11.6. The minimum Gasteiger partial charge on any atom is -0.330 e. The summed E-state index contributed by atoms with van der Waals surface area (Å²) < 4.78 is 0. The average molecular weight is 213 g/mol. The van der Waals surface area contributed by atoms with Gasteiger partial charge in [0.25, 0.3) is 0 Å². The second-order valence-corrected chi connectivity index (χ2v) is 5.55. The van der Waals surface area contributed by atoms with Gasteiger partial charge in [0.05, 0.1) is 0 Å². The molecule has 0 saturated heterocycles. The van der Waals surface area contributed by atoms with Crippen LogP contribution in [0, 0.1) is 5.41 Å². The maximum absolute atomic E-state index is 11.5. The lowest BCUT2D eigenvalue weighted by molar-refractivity contribution is -0.119. The Morgan fingerprint density at radius 2 is 1.60 bits per heavy atom. The number of unbranched alkanes of at least 4 members (excludes halogenated alkanes) is 3. The molecule has 0 fully saturated rings. The number of Topliss-reactive ketones (excluding diaryl/α,β-unsaturated/α-hetero) is 1. The van der Waals surface area contributed by atoms with Crippen LogP contribution in [0.3, 0.4) is 0 Å². The van der Waals surface area contributed by atoms with Crippen molar-refractivity contribution in [2.75, 3.05) is 6.54 Å². The molecule has 0 aliphatic heterocycles. The van der Waals surface area contributed by atoms with E-state index in [4.69, 9.17) is 5.73 Å². The monoisotopic (exact) mass is 213 g/mol. The number of rotatable bonds is 8. The van der Waals surface area contributed by atoms with Crippen LogP contribution in [0.4, 0.5) is 0 Å². The van der Waals surface area contributed by atoms with E-state index in [-0.39, 0.29) is 5.41 Å². The molecule has 90 valence electrons. The van der Waals surface area contributed by atoms with Gasteiger partial charge in [-0.2, -0.15) is 0 Å². The number of carbonyl (C=O) groups excluding carboxylic acids is 1. The second kappa shape index (κ2) is 7.86. The molecule has 2 nitrogen and oxygen atoms in total. The Kier molecular flexibility index (Phi) is 7.67. The molecule has 2 heteroatoms. The Bertz CT molecular complexity index is 170. The van der Waals surface area contributed by atoms with Crippen LogP contribution in [0.5, 0.6) is 0 Å². The van der Waals surface area contributed by atoms with E-state index < -0.39 is 0 Å². The lowest BCUT2D eigenvalue weighted by atomic mass is 9.89. The number of ketones is 1. The van der Waals surface area contributed by atoms with Gasteiger partial charge in [-0.05, 0) is 31.2 Å². The highest BCUT2D eigenvalue weighted by atomic mass is 16.1. The van der Waals surface area contributed by atoms with Gasteiger partial charge in [0.2, 0.25) is 0 Å². The number of carbonyl (C=O) groups is 1. The van der Waals surface area contributed by atoms with Crippen LogP contribution in [0.15, 0.2) is 0 Å². The molecule has 0 aliphatic rings. The minimum atomic E-state index is 0.287. The van der Waals surface area contributed by atoms with Crippen LogP contribution in [0.1, 0.15) is 65.7 Å². The zero-order valence-electron chi connectivity index (χ0n) is 10.6. The molecule has 2 N–H and O–H groups in total. The molecule has 0 heterocycles. The van der Waals surface area contributed by atoms with E-state index in [0.29, 0.717) is 5.78 Å². The van der Waals surface area contributed by atoms with Gasteiger partial charge >= 0.3 is 0 Å². The van der Waals surface area contributed by atoms with Crippen LogP contribution < -0.4 is 5.73 Å². The van der Waals surface area contributed by atoms with Gasteiger partial charge < -0.3 is 5.73 Å². The van der Waals surface area contributed by atoms with Gasteiger partial charge in [-0.25, -0.2) is 0 Å². The predicted octanol–water partition coefficient (Wildman–Crippen LogP) is 3.29.